The molecular formula is C20H27N3O4. The van der Waals surface area contributed by atoms with Crippen LogP contribution in [0.4, 0.5) is 0 Å². The van der Waals surface area contributed by atoms with E-state index in [-0.39, 0.29) is 23.5 Å². The van der Waals surface area contributed by atoms with Crippen molar-refractivity contribution in [1.82, 2.24) is 14.8 Å². The van der Waals surface area contributed by atoms with E-state index in [1.54, 1.807) is 6.07 Å². The Hall–Kier alpha value is -1.99. The maximum absolute atomic E-state index is 12.7. The van der Waals surface area contributed by atoms with E-state index in [4.69, 9.17) is 9.47 Å². The first kappa shape index (κ1) is 18.4. The average molecular weight is 373 g/mol. The number of hydrogen-bond donors (Lipinski definition) is 0. The molecule has 0 bridgehead atoms. The fourth-order valence-corrected chi connectivity index (χ4v) is 4.25. The zero-order chi connectivity index (χ0) is 18.9. The molecule has 3 aliphatic rings. The Morgan fingerprint density at radius 2 is 1.96 bits per heavy atom. The van der Waals surface area contributed by atoms with Crippen molar-refractivity contribution < 1.29 is 19.1 Å². The van der Waals surface area contributed by atoms with Crippen LogP contribution in [0.25, 0.3) is 0 Å². The molecule has 1 spiro atoms. The average Bonchev–Trinajstić information content (AvgIpc) is 3.22. The van der Waals surface area contributed by atoms with Crippen LogP contribution in [-0.2, 0) is 14.3 Å². The van der Waals surface area contributed by atoms with Crippen molar-refractivity contribution in [2.45, 2.75) is 44.3 Å². The monoisotopic (exact) mass is 373 g/mol. The summed E-state index contributed by atoms with van der Waals surface area (Å²) in [6.45, 7) is 5.57. The lowest BCUT2D eigenvalue weighted by Crippen LogP contribution is -2.59. The molecule has 1 atom stereocenters. The number of nitrogens with zero attached hydrogens (tertiary/aromatic N) is 3. The van der Waals surface area contributed by atoms with Gasteiger partial charge in [0.2, 0.25) is 0 Å². The van der Waals surface area contributed by atoms with Gasteiger partial charge in [-0.3, -0.25) is 9.59 Å². The number of carbonyl (C=O) groups is 2. The molecule has 0 N–H and O–H groups in total. The normalized spacial score (nSPS) is 25.0. The summed E-state index contributed by atoms with van der Waals surface area (Å²) in [7, 11) is 0. The number of rotatable bonds is 2. The van der Waals surface area contributed by atoms with Gasteiger partial charge in [0.1, 0.15) is 11.8 Å². The van der Waals surface area contributed by atoms with Gasteiger partial charge < -0.3 is 19.3 Å². The van der Waals surface area contributed by atoms with Crippen molar-refractivity contribution in [2.24, 2.45) is 0 Å². The number of morpholine rings is 1. The molecule has 7 heteroatoms. The summed E-state index contributed by atoms with van der Waals surface area (Å²) in [6.07, 6.45) is 2.96. The van der Waals surface area contributed by atoms with Crippen molar-refractivity contribution in [1.29, 1.82) is 0 Å². The number of piperidine rings is 1. The second kappa shape index (κ2) is 7.56. The molecule has 3 saturated heterocycles. The number of aryl methyl sites for hydroxylation is 1. The number of ether oxygens (including phenoxy) is 2. The molecule has 0 saturated carbocycles. The summed E-state index contributed by atoms with van der Waals surface area (Å²) in [6, 6.07) is 5.51. The van der Waals surface area contributed by atoms with Crippen molar-refractivity contribution in [3.63, 3.8) is 0 Å². The number of pyridine rings is 1. The molecule has 3 aliphatic heterocycles. The number of aromatic nitrogens is 1. The van der Waals surface area contributed by atoms with E-state index in [9.17, 15) is 9.59 Å². The highest BCUT2D eigenvalue weighted by atomic mass is 16.5. The fourth-order valence-electron chi connectivity index (χ4n) is 4.25. The third-order valence-corrected chi connectivity index (χ3v) is 5.83. The summed E-state index contributed by atoms with van der Waals surface area (Å²) in [5.74, 6) is 0.0642. The van der Waals surface area contributed by atoms with Crippen molar-refractivity contribution in [3.8, 4) is 0 Å². The van der Waals surface area contributed by atoms with E-state index >= 15 is 0 Å². The SMILES string of the molecule is Cc1cccc(C(=O)N2CCC3(CC2)CN(C(=O)[C@H]2CCCO2)CCO3)n1. The molecule has 7 nitrogen and oxygen atoms in total. The molecule has 4 rings (SSSR count). The van der Waals surface area contributed by atoms with E-state index in [1.165, 1.54) is 0 Å². The lowest BCUT2D eigenvalue weighted by atomic mass is 9.89. The van der Waals surface area contributed by atoms with Crippen LogP contribution >= 0.6 is 0 Å². The number of carbonyl (C=O) groups excluding carboxylic acids is 2. The van der Waals surface area contributed by atoms with E-state index in [2.05, 4.69) is 4.98 Å². The Kier molecular flexibility index (Phi) is 5.14. The molecule has 1 aromatic heterocycles. The zero-order valence-electron chi connectivity index (χ0n) is 15.9. The second-order valence-corrected chi connectivity index (χ2v) is 7.75. The topological polar surface area (TPSA) is 72.0 Å². The van der Waals surface area contributed by atoms with Crippen LogP contribution in [0.1, 0.15) is 41.9 Å². The number of likely N-dealkylation sites (tertiary alicyclic amines) is 1. The highest BCUT2D eigenvalue weighted by Crippen LogP contribution is 2.31. The Morgan fingerprint density at radius 1 is 1.15 bits per heavy atom. The summed E-state index contributed by atoms with van der Waals surface area (Å²) in [5.41, 5.74) is 0.988. The lowest BCUT2D eigenvalue weighted by Gasteiger charge is -2.47. The Morgan fingerprint density at radius 3 is 2.67 bits per heavy atom. The van der Waals surface area contributed by atoms with Gasteiger partial charge >= 0.3 is 0 Å². The molecule has 3 fully saturated rings. The minimum absolute atomic E-state index is 0.0309. The van der Waals surface area contributed by atoms with Crippen molar-refractivity contribution in [3.05, 3.63) is 29.6 Å². The first-order chi connectivity index (χ1) is 13.1. The van der Waals surface area contributed by atoms with Crippen LogP contribution in [0.2, 0.25) is 0 Å². The standard InChI is InChI=1S/C20H27N3O4/c1-15-4-2-5-16(21-15)18(24)22-9-7-20(8-10-22)14-23(11-13-27-20)19(25)17-6-3-12-26-17/h2,4-5,17H,3,6-14H2,1H3/t17-/m1/s1. The summed E-state index contributed by atoms with van der Waals surface area (Å²) in [4.78, 5) is 33.5. The lowest BCUT2D eigenvalue weighted by molar-refractivity contribution is -0.165. The van der Waals surface area contributed by atoms with E-state index < -0.39 is 0 Å². The molecule has 1 aromatic rings. The first-order valence-corrected chi connectivity index (χ1v) is 9.84. The molecular weight excluding hydrogens is 346 g/mol. The molecule has 0 unspecified atom stereocenters. The molecule has 2 amide bonds. The molecule has 27 heavy (non-hydrogen) atoms. The van der Waals surface area contributed by atoms with Gasteiger partial charge in [0.15, 0.2) is 0 Å². The van der Waals surface area contributed by atoms with E-state index in [0.717, 1.165) is 31.4 Å². The van der Waals surface area contributed by atoms with Gasteiger partial charge in [-0.05, 0) is 44.7 Å². The van der Waals surface area contributed by atoms with Crippen LogP contribution in [0.5, 0.6) is 0 Å². The molecule has 0 aliphatic carbocycles. The highest BCUT2D eigenvalue weighted by molar-refractivity contribution is 5.92. The van der Waals surface area contributed by atoms with Gasteiger partial charge in [-0.2, -0.15) is 0 Å². The largest absolute Gasteiger partial charge is 0.371 e. The van der Waals surface area contributed by atoms with Crippen LogP contribution in [0.15, 0.2) is 18.2 Å². The molecule has 0 aromatic carbocycles. The third-order valence-electron chi connectivity index (χ3n) is 5.83. The highest BCUT2D eigenvalue weighted by Gasteiger charge is 2.43. The van der Waals surface area contributed by atoms with E-state index in [0.29, 0.717) is 45.1 Å². The first-order valence-electron chi connectivity index (χ1n) is 9.84. The van der Waals surface area contributed by atoms with Gasteiger partial charge in [-0.15, -0.1) is 0 Å². The number of hydrogen-bond acceptors (Lipinski definition) is 5. The maximum Gasteiger partial charge on any atom is 0.272 e. The smallest absolute Gasteiger partial charge is 0.272 e. The van der Waals surface area contributed by atoms with Gasteiger partial charge in [-0.1, -0.05) is 6.07 Å². The molecule has 146 valence electrons. The van der Waals surface area contributed by atoms with Crippen LogP contribution in [0, 0.1) is 6.92 Å². The van der Waals surface area contributed by atoms with Gasteiger partial charge in [0, 0.05) is 38.5 Å². The maximum atomic E-state index is 12.7. The summed E-state index contributed by atoms with van der Waals surface area (Å²) < 4.78 is 11.7. The minimum Gasteiger partial charge on any atom is -0.371 e. The minimum atomic E-state index is -0.344. The zero-order valence-corrected chi connectivity index (χ0v) is 15.9. The fraction of sp³-hybridized carbons (Fsp3) is 0.650. The van der Waals surface area contributed by atoms with Crippen LogP contribution < -0.4 is 0 Å². The quantitative estimate of drug-likeness (QED) is 0.784. The summed E-state index contributed by atoms with van der Waals surface area (Å²) >= 11 is 0. The predicted octanol–water partition coefficient (Wildman–Crippen LogP) is 1.40. The van der Waals surface area contributed by atoms with Crippen molar-refractivity contribution >= 4 is 11.8 Å². The second-order valence-electron chi connectivity index (χ2n) is 7.75. The Labute approximate surface area is 159 Å². The Bertz CT molecular complexity index is 709. The molecule has 4 heterocycles. The van der Waals surface area contributed by atoms with Crippen molar-refractivity contribution in [2.75, 3.05) is 39.4 Å². The Balaban J connectivity index is 1.37. The summed E-state index contributed by atoms with van der Waals surface area (Å²) in [5, 5.41) is 0. The van der Waals surface area contributed by atoms with E-state index in [1.807, 2.05) is 28.9 Å². The van der Waals surface area contributed by atoms with Crippen LogP contribution in [0.3, 0.4) is 0 Å². The van der Waals surface area contributed by atoms with Gasteiger partial charge in [0.05, 0.1) is 12.2 Å². The molecule has 0 radical (unpaired) electrons. The van der Waals surface area contributed by atoms with Gasteiger partial charge in [0.25, 0.3) is 11.8 Å². The van der Waals surface area contributed by atoms with Gasteiger partial charge in [-0.25, -0.2) is 4.98 Å². The van der Waals surface area contributed by atoms with Crippen LogP contribution in [-0.4, -0.2) is 77.7 Å². The third kappa shape index (κ3) is 3.84. The predicted molar refractivity (Wildman–Crippen MR) is 98.3 cm³/mol. The number of amides is 2.